The zero-order valence-electron chi connectivity index (χ0n) is 20.1. The van der Waals surface area contributed by atoms with E-state index in [-0.39, 0.29) is 35.5 Å². The van der Waals surface area contributed by atoms with Crippen LogP contribution in [-0.4, -0.2) is 55.7 Å². The third kappa shape index (κ3) is 28.2. The Morgan fingerprint density at radius 2 is 1.10 bits per heavy atom. The monoisotopic (exact) mass is 418 g/mol. The van der Waals surface area contributed by atoms with Crippen molar-refractivity contribution in [3.8, 4) is 0 Å². The predicted octanol–water partition coefficient (Wildman–Crippen LogP) is 6.97. The van der Waals surface area contributed by atoms with Crippen LogP contribution in [0.3, 0.4) is 0 Å². The van der Waals surface area contributed by atoms with Crippen LogP contribution in [0.5, 0.6) is 0 Å². The summed E-state index contributed by atoms with van der Waals surface area (Å²) in [5, 5.41) is 2.80. The molecule has 0 saturated carbocycles. The Hall–Kier alpha value is 0.170. The van der Waals surface area contributed by atoms with Gasteiger partial charge in [0, 0.05) is 29.6 Å². The van der Waals surface area contributed by atoms with E-state index in [2.05, 4.69) is 24.4 Å². The SMILES string of the molecule is CCCCCCCC/C=C\CCCCCCCCCCCCOC(=O)CNC.[Na]. The van der Waals surface area contributed by atoms with Gasteiger partial charge in [0.15, 0.2) is 0 Å². The van der Waals surface area contributed by atoms with E-state index < -0.39 is 0 Å². The van der Waals surface area contributed by atoms with E-state index in [4.69, 9.17) is 4.74 Å². The van der Waals surface area contributed by atoms with Gasteiger partial charge in [0.05, 0.1) is 13.2 Å². The van der Waals surface area contributed by atoms with Crippen LogP contribution in [-0.2, 0) is 9.53 Å². The number of esters is 1. The fraction of sp³-hybridized carbons (Fsp3) is 0.880. The summed E-state index contributed by atoms with van der Waals surface area (Å²) in [7, 11) is 1.76. The summed E-state index contributed by atoms with van der Waals surface area (Å²) in [5.74, 6) is -0.143. The number of likely N-dealkylation sites (N-methyl/N-ethyl adjacent to an activating group) is 1. The molecule has 0 fully saturated rings. The van der Waals surface area contributed by atoms with Gasteiger partial charge in [0.1, 0.15) is 0 Å². The third-order valence-electron chi connectivity index (χ3n) is 5.24. The first-order valence-corrected chi connectivity index (χ1v) is 12.3. The molecular formula is C25H49NNaO2. The molecule has 0 unspecified atom stereocenters. The van der Waals surface area contributed by atoms with E-state index in [1.165, 1.54) is 109 Å². The molecule has 0 aliphatic carbocycles. The molecule has 0 rings (SSSR count). The zero-order valence-corrected chi connectivity index (χ0v) is 22.1. The van der Waals surface area contributed by atoms with Crippen molar-refractivity contribution in [1.82, 2.24) is 5.32 Å². The van der Waals surface area contributed by atoms with E-state index in [1.54, 1.807) is 7.05 Å². The van der Waals surface area contributed by atoms with Gasteiger partial charge < -0.3 is 10.1 Å². The molecule has 0 aromatic heterocycles. The number of ether oxygens (including phenoxy) is 1. The fourth-order valence-corrected chi connectivity index (χ4v) is 3.44. The maximum absolute atomic E-state index is 11.2. The van der Waals surface area contributed by atoms with Crippen LogP contribution < -0.4 is 5.32 Å². The van der Waals surface area contributed by atoms with Gasteiger partial charge in [-0.25, -0.2) is 0 Å². The fourth-order valence-electron chi connectivity index (χ4n) is 3.44. The number of hydrogen-bond donors (Lipinski definition) is 1. The number of carbonyl (C=O) groups is 1. The van der Waals surface area contributed by atoms with Crippen molar-refractivity contribution in [2.24, 2.45) is 0 Å². The second kappa shape index (κ2) is 28.2. The van der Waals surface area contributed by atoms with Gasteiger partial charge >= 0.3 is 5.97 Å². The van der Waals surface area contributed by atoms with E-state index >= 15 is 0 Å². The second-order valence-electron chi connectivity index (χ2n) is 8.10. The second-order valence-corrected chi connectivity index (χ2v) is 8.10. The molecule has 167 valence electrons. The number of unbranched alkanes of at least 4 members (excludes halogenated alkanes) is 16. The van der Waals surface area contributed by atoms with Crippen molar-refractivity contribution in [2.45, 2.75) is 122 Å². The standard InChI is InChI=1S/C25H49NO2.Na/c1-3-4-5-6-7-8-9-10-11-12-13-14-15-16-17-18-19-20-21-22-23-28-25(27)24-26-2;/h10-11,26H,3-9,12-24H2,1-2H3;/b11-10-;. The minimum absolute atomic E-state index is 0. The first-order valence-electron chi connectivity index (χ1n) is 12.3. The van der Waals surface area contributed by atoms with Gasteiger partial charge in [0.2, 0.25) is 0 Å². The number of allylic oxidation sites excluding steroid dienone is 2. The van der Waals surface area contributed by atoms with Crippen LogP contribution in [0.4, 0.5) is 0 Å². The van der Waals surface area contributed by atoms with Gasteiger partial charge in [-0.1, -0.05) is 103 Å². The molecule has 0 aromatic carbocycles. The molecule has 3 nitrogen and oxygen atoms in total. The maximum Gasteiger partial charge on any atom is 0.319 e. The molecule has 29 heavy (non-hydrogen) atoms. The summed E-state index contributed by atoms with van der Waals surface area (Å²) in [4.78, 5) is 11.2. The number of nitrogens with one attached hydrogen (secondary N) is 1. The summed E-state index contributed by atoms with van der Waals surface area (Å²) in [6, 6.07) is 0. The molecular weight excluding hydrogens is 369 g/mol. The van der Waals surface area contributed by atoms with Crippen LogP contribution >= 0.6 is 0 Å². The molecule has 4 heteroatoms. The summed E-state index contributed by atoms with van der Waals surface area (Å²) in [6.45, 7) is 3.17. The average molecular weight is 419 g/mol. The maximum atomic E-state index is 11.2. The van der Waals surface area contributed by atoms with Crippen molar-refractivity contribution < 1.29 is 9.53 Å². The minimum atomic E-state index is -0.143. The summed E-state index contributed by atoms with van der Waals surface area (Å²) < 4.78 is 5.11. The number of hydrogen-bond acceptors (Lipinski definition) is 3. The minimum Gasteiger partial charge on any atom is -0.465 e. The molecule has 0 saturated heterocycles. The Kier molecular flexibility index (Phi) is 30.5. The van der Waals surface area contributed by atoms with Gasteiger partial charge in [0.25, 0.3) is 0 Å². The Balaban J connectivity index is 0. The first-order chi connectivity index (χ1) is 13.8. The molecule has 0 amide bonds. The Bertz CT molecular complexity index is 348. The molecule has 0 atom stereocenters. The smallest absolute Gasteiger partial charge is 0.319 e. The van der Waals surface area contributed by atoms with Crippen molar-refractivity contribution >= 4 is 35.5 Å². The van der Waals surface area contributed by atoms with E-state index in [0.29, 0.717) is 13.2 Å². The van der Waals surface area contributed by atoms with Crippen LogP contribution in [0.2, 0.25) is 0 Å². The molecule has 1 radical (unpaired) electrons. The third-order valence-corrected chi connectivity index (χ3v) is 5.24. The molecule has 0 bridgehead atoms. The predicted molar refractivity (Wildman–Crippen MR) is 129 cm³/mol. The van der Waals surface area contributed by atoms with E-state index in [0.717, 1.165) is 6.42 Å². The van der Waals surface area contributed by atoms with Crippen LogP contribution in [0, 0.1) is 0 Å². The summed E-state index contributed by atoms with van der Waals surface area (Å²) in [6.07, 6.45) is 28.8. The quantitative estimate of drug-likeness (QED) is 0.0893. The zero-order chi connectivity index (χ0) is 20.5. The first kappa shape index (κ1) is 31.4. The van der Waals surface area contributed by atoms with E-state index in [9.17, 15) is 4.79 Å². The van der Waals surface area contributed by atoms with Crippen molar-refractivity contribution in [1.29, 1.82) is 0 Å². The molecule has 0 aliphatic rings. The summed E-state index contributed by atoms with van der Waals surface area (Å²) in [5.41, 5.74) is 0. The number of carbonyl (C=O) groups excluding carboxylic acids is 1. The summed E-state index contributed by atoms with van der Waals surface area (Å²) >= 11 is 0. The van der Waals surface area contributed by atoms with Crippen molar-refractivity contribution in [3.05, 3.63) is 12.2 Å². The topological polar surface area (TPSA) is 38.3 Å². The molecule has 0 spiro atoms. The number of rotatable bonds is 22. The average Bonchev–Trinajstić information content (AvgIpc) is 2.69. The Morgan fingerprint density at radius 3 is 1.55 bits per heavy atom. The van der Waals surface area contributed by atoms with Crippen LogP contribution in [0.1, 0.15) is 122 Å². The largest absolute Gasteiger partial charge is 0.465 e. The van der Waals surface area contributed by atoms with Crippen molar-refractivity contribution in [3.63, 3.8) is 0 Å². The Morgan fingerprint density at radius 1 is 0.690 bits per heavy atom. The van der Waals surface area contributed by atoms with Gasteiger partial charge in [-0.05, 0) is 39.2 Å². The van der Waals surface area contributed by atoms with Crippen molar-refractivity contribution in [2.75, 3.05) is 20.2 Å². The molecule has 0 heterocycles. The molecule has 1 N–H and O–H groups in total. The van der Waals surface area contributed by atoms with Gasteiger partial charge in [-0.2, -0.15) is 0 Å². The molecule has 0 aliphatic heterocycles. The normalized spacial score (nSPS) is 11.0. The van der Waals surface area contributed by atoms with E-state index in [1.807, 2.05) is 0 Å². The Labute approximate surface area is 204 Å². The van der Waals surface area contributed by atoms with Gasteiger partial charge in [-0.3, -0.25) is 4.79 Å². The van der Waals surface area contributed by atoms with Gasteiger partial charge in [-0.15, -0.1) is 0 Å². The van der Waals surface area contributed by atoms with Crippen LogP contribution in [0.25, 0.3) is 0 Å². The molecule has 0 aromatic rings. The van der Waals surface area contributed by atoms with Crippen LogP contribution in [0.15, 0.2) is 12.2 Å².